The van der Waals surface area contributed by atoms with Crippen molar-refractivity contribution in [2.45, 2.75) is 64.7 Å². The molecule has 0 radical (unpaired) electrons. The molecule has 1 N–H and O–H groups in total. The number of allylic oxidation sites excluding steroid dienone is 4. The van der Waals surface area contributed by atoms with Crippen LogP contribution in [0, 0.1) is 13.8 Å². The molecule has 6 heteroatoms. The zero-order valence-electron chi connectivity index (χ0n) is 24.5. The molecule has 1 saturated heterocycles. The Morgan fingerprint density at radius 2 is 1.80 bits per heavy atom. The predicted molar refractivity (Wildman–Crippen MR) is 174 cm³/mol. The van der Waals surface area contributed by atoms with E-state index in [2.05, 4.69) is 75.2 Å². The van der Waals surface area contributed by atoms with Gasteiger partial charge in [-0.2, -0.15) is 11.8 Å². The minimum Gasteiger partial charge on any atom is -0.494 e. The van der Waals surface area contributed by atoms with Crippen LogP contribution in [0.15, 0.2) is 78.9 Å². The summed E-state index contributed by atoms with van der Waals surface area (Å²) in [6.07, 6.45) is 11.5. The summed E-state index contributed by atoms with van der Waals surface area (Å²) in [5.74, 6) is 2.99. The van der Waals surface area contributed by atoms with Crippen LogP contribution in [0.1, 0.15) is 67.0 Å². The molecule has 4 nitrogen and oxygen atoms in total. The topological polar surface area (TPSA) is 47.6 Å². The molecule has 2 aromatic carbocycles. The second-order valence-electron chi connectivity index (χ2n) is 9.93. The van der Waals surface area contributed by atoms with Crippen LogP contribution in [0.5, 0.6) is 11.5 Å². The lowest BCUT2D eigenvalue weighted by molar-refractivity contribution is -0.118. The number of rotatable bonds is 11. The van der Waals surface area contributed by atoms with Gasteiger partial charge in [0.05, 0.1) is 11.9 Å². The van der Waals surface area contributed by atoms with Gasteiger partial charge in [-0.3, -0.25) is 9.52 Å². The molecule has 1 aliphatic carbocycles. The summed E-state index contributed by atoms with van der Waals surface area (Å²) in [5.41, 5.74) is 8.59. The van der Waals surface area contributed by atoms with E-state index < -0.39 is 0 Å². The second-order valence-corrected chi connectivity index (χ2v) is 11.9. The van der Waals surface area contributed by atoms with Gasteiger partial charge in [0.1, 0.15) is 17.6 Å². The Bertz CT molecular complexity index is 1220. The predicted octanol–water partition coefficient (Wildman–Crippen LogP) is 8.96. The number of amides is 1. The van der Waals surface area contributed by atoms with E-state index in [1.807, 2.05) is 36.9 Å². The Morgan fingerprint density at radius 1 is 1.12 bits per heavy atom. The first-order chi connectivity index (χ1) is 19.4. The number of thioether (sulfide) groups is 1. The molecule has 1 heterocycles. The van der Waals surface area contributed by atoms with Crippen molar-refractivity contribution in [3.05, 3.63) is 101 Å². The van der Waals surface area contributed by atoms with Gasteiger partial charge in [-0.15, -0.1) is 6.58 Å². The summed E-state index contributed by atoms with van der Waals surface area (Å²) in [6, 6.07) is 12.5. The molecule has 1 amide bonds. The molecule has 0 spiro atoms. The average molecular weight is 578 g/mol. The van der Waals surface area contributed by atoms with E-state index in [1.165, 1.54) is 39.8 Å². The summed E-state index contributed by atoms with van der Waals surface area (Å²) in [4.78, 5) is 11.5. The average Bonchev–Trinajstić information content (AvgIpc) is 3.55. The summed E-state index contributed by atoms with van der Waals surface area (Å²) in [7, 11) is 0. The van der Waals surface area contributed by atoms with E-state index in [9.17, 15) is 4.79 Å². The van der Waals surface area contributed by atoms with E-state index in [0.29, 0.717) is 6.42 Å². The molecular weight excluding hydrogens is 535 g/mol. The maximum Gasteiger partial charge on any atom is 0.231 e. The van der Waals surface area contributed by atoms with Gasteiger partial charge in [-0.1, -0.05) is 36.9 Å². The molecule has 4 rings (SSSR count). The molecule has 2 aliphatic rings. The lowest BCUT2D eigenvalue weighted by atomic mass is 9.88. The standard InChI is InChI=1S/C31H37NO3S2.C3H6/c1-6-25-27(26(7-2)31-20(3)17-24(18-21(31)4)34-15-8-16-36-5)13-14-28(25)35-23-11-9-22(10-12-23)29-19-30(33)32-37-29;1-3-2/h6-7,9-12,17-18,28-29H,1,8,13-16,19H2,2-5H3,(H,32,33);3H,1H2,2H3/b26-7+;. The fourth-order valence-electron chi connectivity index (χ4n) is 5.23. The van der Waals surface area contributed by atoms with Gasteiger partial charge in [-0.05, 0) is 134 Å². The monoisotopic (exact) mass is 577 g/mol. The quantitative estimate of drug-likeness (QED) is 0.164. The normalized spacial score (nSPS) is 18.6. The van der Waals surface area contributed by atoms with E-state index in [4.69, 9.17) is 9.47 Å². The lowest BCUT2D eigenvalue weighted by Crippen LogP contribution is -2.14. The Kier molecular flexibility index (Phi) is 12.5. The van der Waals surface area contributed by atoms with Crippen LogP contribution < -0.4 is 14.2 Å². The Labute approximate surface area is 249 Å². The number of hydrogen-bond acceptors (Lipinski definition) is 5. The van der Waals surface area contributed by atoms with Crippen LogP contribution in [0.4, 0.5) is 0 Å². The third-order valence-electron chi connectivity index (χ3n) is 6.94. The van der Waals surface area contributed by atoms with Crippen LogP contribution in [0.25, 0.3) is 5.57 Å². The minimum absolute atomic E-state index is 0.0305. The van der Waals surface area contributed by atoms with Crippen molar-refractivity contribution in [1.82, 2.24) is 4.72 Å². The van der Waals surface area contributed by atoms with Crippen LogP contribution in [0.3, 0.4) is 0 Å². The minimum atomic E-state index is -0.0305. The van der Waals surface area contributed by atoms with Crippen molar-refractivity contribution >= 4 is 35.2 Å². The van der Waals surface area contributed by atoms with Crippen molar-refractivity contribution in [1.29, 1.82) is 0 Å². The first-order valence-corrected chi connectivity index (χ1v) is 16.2. The van der Waals surface area contributed by atoms with Crippen LogP contribution in [-0.4, -0.2) is 30.6 Å². The first-order valence-electron chi connectivity index (χ1n) is 13.9. The molecular formula is C34H43NO3S2. The van der Waals surface area contributed by atoms with Crippen LogP contribution in [0.2, 0.25) is 0 Å². The van der Waals surface area contributed by atoms with Crippen molar-refractivity contribution in [2.24, 2.45) is 0 Å². The number of carbonyl (C=O) groups excluding carboxylic acids is 1. The molecule has 40 heavy (non-hydrogen) atoms. The fraction of sp³-hybridized carbons (Fsp3) is 0.382. The Morgan fingerprint density at radius 3 is 2.35 bits per heavy atom. The Balaban J connectivity index is 0.00000141. The third kappa shape index (κ3) is 8.11. The summed E-state index contributed by atoms with van der Waals surface area (Å²) in [6.45, 7) is 16.6. The summed E-state index contributed by atoms with van der Waals surface area (Å²) >= 11 is 3.33. The highest BCUT2D eigenvalue weighted by Crippen LogP contribution is 2.42. The molecule has 1 aliphatic heterocycles. The number of aryl methyl sites for hydroxylation is 2. The number of ether oxygens (including phenoxy) is 2. The van der Waals surface area contributed by atoms with Gasteiger partial charge in [0, 0.05) is 6.42 Å². The summed E-state index contributed by atoms with van der Waals surface area (Å²) < 4.78 is 15.3. The fourth-order valence-corrected chi connectivity index (χ4v) is 6.52. The van der Waals surface area contributed by atoms with E-state index >= 15 is 0 Å². The van der Waals surface area contributed by atoms with Crippen molar-refractivity contribution in [3.8, 4) is 11.5 Å². The van der Waals surface area contributed by atoms with Gasteiger partial charge in [0.2, 0.25) is 5.91 Å². The molecule has 214 valence electrons. The third-order valence-corrected chi connectivity index (χ3v) is 8.70. The second kappa shape index (κ2) is 15.8. The molecule has 2 unspecified atom stereocenters. The van der Waals surface area contributed by atoms with Crippen LogP contribution >= 0.6 is 23.7 Å². The van der Waals surface area contributed by atoms with Crippen molar-refractivity contribution in [3.63, 3.8) is 0 Å². The number of hydrogen-bond donors (Lipinski definition) is 1. The lowest BCUT2D eigenvalue weighted by Gasteiger charge is -2.19. The molecule has 0 aromatic heterocycles. The van der Waals surface area contributed by atoms with Gasteiger partial charge in [0.25, 0.3) is 0 Å². The summed E-state index contributed by atoms with van der Waals surface area (Å²) in [5, 5.41) is 0.166. The molecule has 1 fully saturated rings. The molecule has 0 saturated carbocycles. The first kappa shape index (κ1) is 31.7. The molecule has 2 aromatic rings. The van der Waals surface area contributed by atoms with Crippen molar-refractivity contribution in [2.75, 3.05) is 18.6 Å². The zero-order valence-corrected chi connectivity index (χ0v) is 26.2. The zero-order chi connectivity index (χ0) is 29.1. The smallest absolute Gasteiger partial charge is 0.231 e. The van der Waals surface area contributed by atoms with E-state index in [1.54, 1.807) is 6.08 Å². The highest BCUT2D eigenvalue weighted by molar-refractivity contribution is 7.98. The largest absolute Gasteiger partial charge is 0.494 e. The van der Waals surface area contributed by atoms with E-state index in [-0.39, 0.29) is 17.3 Å². The number of carbonyl (C=O) groups is 1. The van der Waals surface area contributed by atoms with Gasteiger partial charge < -0.3 is 9.47 Å². The maximum atomic E-state index is 11.5. The SMILES string of the molecule is C=CC.C=CC1=C(/C(=C\C)c2c(C)cc(OCCCSC)cc2C)CCC1Oc1ccc(C2CC(=O)NS2)cc1. The van der Waals surface area contributed by atoms with Gasteiger partial charge >= 0.3 is 0 Å². The highest BCUT2D eigenvalue weighted by Gasteiger charge is 2.29. The van der Waals surface area contributed by atoms with E-state index in [0.717, 1.165) is 54.3 Å². The highest BCUT2D eigenvalue weighted by atomic mass is 32.2. The molecule has 2 atom stereocenters. The maximum absolute atomic E-state index is 11.5. The van der Waals surface area contributed by atoms with Gasteiger partial charge in [-0.25, -0.2) is 0 Å². The van der Waals surface area contributed by atoms with Gasteiger partial charge in [0.15, 0.2) is 0 Å². The Hall–Kier alpha value is -2.83. The molecule has 0 bridgehead atoms. The van der Waals surface area contributed by atoms with Crippen molar-refractivity contribution < 1.29 is 14.3 Å². The number of benzene rings is 2. The van der Waals surface area contributed by atoms with Crippen LogP contribution in [-0.2, 0) is 4.79 Å². The number of nitrogens with one attached hydrogen (secondary N) is 1.